The van der Waals surface area contributed by atoms with Crippen LogP contribution in [0, 0.1) is 0 Å². The minimum Gasteiger partial charge on any atom is -0.486 e. The van der Waals surface area contributed by atoms with E-state index in [0.29, 0.717) is 29.3 Å². The van der Waals surface area contributed by atoms with Gasteiger partial charge in [-0.2, -0.15) is 0 Å². The summed E-state index contributed by atoms with van der Waals surface area (Å²) in [6.07, 6.45) is 0.846. The van der Waals surface area contributed by atoms with Gasteiger partial charge in [-0.15, -0.1) is 0 Å². The van der Waals surface area contributed by atoms with Gasteiger partial charge in [0.15, 0.2) is 11.5 Å². The second-order valence-corrected chi connectivity index (χ2v) is 7.12. The second-order valence-electron chi connectivity index (χ2n) is 6.21. The summed E-state index contributed by atoms with van der Waals surface area (Å²) < 4.78 is 11.7. The van der Waals surface area contributed by atoms with Crippen molar-refractivity contribution in [2.45, 2.75) is 20.0 Å². The molecule has 0 bridgehead atoms. The van der Waals surface area contributed by atoms with Crippen molar-refractivity contribution < 1.29 is 18.8 Å². The predicted molar refractivity (Wildman–Crippen MR) is 112 cm³/mol. The van der Waals surface area contributed by atoms with Gasteiger partial charge in [-0.3, -0.25) is 9.59 Å². The van der Waals surface area contributed by atoms with Crippen LogP contribution in [0.1, 0.15) is 40.0 Å². The molecule has 8 heteroatoms. The Morgan fingerprint density at radius 3 is 2.48 bits per heavy atom. The predicted octanol–water partition coefficient (Wildman–Crippen LogP) is 4.41. The summed E-state index contributed by atoms with van der Waals surface area (Å²) in [7, 11) is 0. The van der Waals surface area contributed by atoms with Gasteiger partial charge < -0.3 is 19.9 Å². The summed E-state index contributed by atoms with van der Waals surface area (Å²) in [5.74, 6) is 0.578. The fraction of sp³-hybridized carbons (Fsp3) is 0.190. The van der Waals surface area contributed by atoms with Gasteiger partial charge in [-0.1, -0.05) is 28.0 Å². The molecule has 2 aromatic carbocycles. The highest BCUT2D eigenvalue weighted by molar-refractivity contribution is 9.10. The van der Waals surface area contributed by atoms with Crippen LogP contribution in [0.4, 0.5) is 5.69 Å². The molecule has 0 unspecified atom stereocenters. The number of hydrogen-bond donors (Lipinski definition) is 2. The zero-order valence-corrected chi connectivity index (χ0v) is 17.4. The topological polar surface area (TPSA) is 93.5 Å². The van der Waals surface area contributed by atoms with Crippen LogP contribution in [-0.2, 0) is 6.61 Å². The first-order valence-electron chi connectivity index (χ1n) is 9.08. The van der Waals surface area contributed by atoms with Crippen LogP contribution in [0.3, 0.4) is 0 Å². The lowest BCUT2D eigenvalue weighted by Gasteiger charge is -2.07. The summed E-state index contributed by atoms with van der Waals surface area (Å²) in [5, 5.41) is 9.31. The lowest BCUT2D eigenvalue weighted by atomic mass is 10.2. The highest BCUT2D eigenvalue weighted by atomic mass is 79.9. The number of carbonyl (C=O) groups excluding carboxylic acids is 2. The summed E-state index contributed by atoms with van der Waals surface area (Å²) in [5.41, 5.74) is 1.44. The molecule has 7 nitrogen and oxygen atoms in total. The molecule has 1 aromatic heterocycles. The Hall–Kier alpha value is -3.13. The maximum absolute atomic E-state index is 12.2. The van der Waals surface area contributed by atoms with Crippen LogP contribution < -0.4 is 15.4 Å². The van der Waals surface area contributed by atoms with Crippen molar-refractivity contribution >= 4 is 33.4 Å². The van der Waals surface area contributed by atoms with Crippen molar-refractivity contribution in [1.82, 2.24) is 10.5 Å². The Kier molecular flexibility index (Phi) is 7.02. The van der Waals surface area contributed by atoms with E-state index in [1.165, 1.54) is 0 Å². The maximum Gasteiger partial charge on any atom is 0.273 e. The van der Waals surface area contributed by atoms with Gasteiger partial charge in [0.25, 0.3) is 11.8 Å². The van der Waals surface area contributed by atoms with E-state index >= 15 is 0 Å². The molecule has 0 saturated carbocycles. The number of hydrogen-bond acceptors (Lipinski definition) is 5. The molecular formula is C21H20BrN3O4. The molecule has 0 spiro atoms. The van der Waals surface area contributed by atoms with Crippen molar-refractivity contribution in [2.24, 2.45) is 0 Å². The molecule has 0 aliphatic carbocycles. The third kappa shape index (κ3) is 5.92. The Balaban J connectivity index is 1.52. The molecular weight excluding hydrogens is 438 g/mol. The highest BCUT2D eigenvalue weighted by Gasteiger charge is 2.12. The molecule has 150 valence electrons. The first kappa shape index (κ1) is 20.6. The molecule has 0 atom stereocenters. The molecule has 0 fully saturated rings. The van der Waals surface area contributed by atoms with E-state index in [1.807, 2.05) is 19.1 Å². The first-order valence-corrected chi connectivity index (χ1v) is 9.88. The quantitative estimate of drug-likeness (QED) is 0.522. The van der Waals surface area contributed by atoms with Gasteiger partial charge in [0.1, 0.15) is 12.4 Å². The minimum atomic E-state index is -0.271. The molecule has 0 aliphatic heterocycles. The van der Waals surface area contributed by atoms with Gasteiger partial charge in [-0.05, 0) is 55.0 Å². The molecule has 0 aliphatic rings. The number of nitrogens with zero attached hydrogens (tertiary/aromatic N) is 1. The molecule has 29 heavy (non-hydrogen) atoms. The van der Waals surface area contributed by atoms with Crippen LogP contribution in [-0.4, -0.2) is 23.5 Å². The summed E-state index contributed by atoms with van der Waals surface area (Å²) in [6, 6.07) is 15.6. The number of nitrogens with one attached hydrogen (secondary N) is 2. The third-order valence-electron chi connectivity index (χ3n) is 3.93. The van der Waals surface area contributed by atoms with E-state index < -0.39 is 0 Å². The zero-order valence-electron chi connectivity index (χ0n) is 15.8. The van der Waals surface area contributed by atoms with E-state index in [-0.39, 0.29) is 24.1 Å². The number of carbonyl (C=O) groups is 2. The van der Waals surface area contributed by atoms with Gasteiger partial charge in [0, 0.05) is 28.3 Å². The molecule has 0 saturated heterocycles. The standard InChI is InChI=1S/C21H20BrN3O4/c1-2-11-23-21(27)19-12-18(29-25-19)13-28-17-9-7-16(8-10-17)24-20(26)14-3-5-15(22)6-4-14/h3-10,12H,2,11,13H2,1H3,(H,23,27)(H,24,26). The molecule has 3 aromatic rings. The van der Waals surface area contributed by atoms with E-state index in [0.717, 1.165) is 10.9 Å². The summed E-state index contributed by atoms with van der Waals surface area (Å²) in [6.45, 7) is 2.70. The second kappa shape index (κ2) is 9.88. The fourth-order valence-corrected chi connectivity index (χ4v) is 2.67. The zero-order chi connectivity index (χ0) is 20.6. The number of rotatable bonds is 8. The van der Waals surface area contributed by atoms with E-state index in [4.69, 9.17) is 9.26 Å². The number of benzene rings is 2. The number of anilines is 1. The Labute approximate surface area is 176 Å². The van der Waals surface area contributed by atoms with Crippen molar-refractivity contribution in [3.05, 3.63) is 76.1 Å². The van der Waals surface area contributed by atoms with Gasteiger partial charge >= 0.3 is 0 Å². The average Bonchev–Trinajstić information content (AvgIpc) is 3.21. The lowest BCUT2D eigenvalue weighted by molar-refractivity contribution is 0.0943. The van der Waals surface area contributed by atoms with E-state index in [2.05, 4.69) is 31.7 Å². The van der Waals surface area contributed by atoms with Crippen LogP contribution in [0.5, 0.6) is 5.75 Å². The van der Waals surface area contributed by atoms with Crippen LogP contribution >= 0.6 is 15.9 Å². The van der Waals surface area contributed by atoms with Crippen molar-refractivity contribution in [1.29, 1.82) is 0 Å². The number of aromatic nitrogens is 1. The normalized spacial score (nSPS) is 10.4. The molecule has 1 heterocycles. The number of amides is 2. The van der Waals surface area contributed by atoms with Crippen molar-refractivity contribution in [3.63, 3.8) is 0 Å². The highest BCUT2D eigenvalue weighted by Crippen LogP contribution is 2.19. The lowest BCUT2D eigenvalue weighted by Crippen LogP contribution is -2.24. The van der Waals surface area contributed by atoms with Crippen molar-refractivity contribution in [3.8, 4) is 5.75 Å². The monoisotopic (exact) mass is 457 g/mol. The molecule has 2 amide bonds. The van der Waals surface area contributed by atoms with E-state index in [9.17, 15) is 9.59 Å². The Bertz CT molecular complexity index is 968. The van der Waals surface area contributed by atoms with Crippen LogP contribution in [0.25, 0.3) is 0 Å². The largest absolute Gasteiger partial charge is 0.486 e. The fourth-order valence-electron chi connectivity index (χ4n) is 2.41. The Morgan fingerprint density at radius 2 is 1.79 bits per heavy atom. The molecule has 2 N–H and O–H groups in total. The van der Waals surface area contributed by atoms with E-state index in [1.54, 1.807) is 42.5 Å². The van der Waals surface area contributed by atoms with Gasteiger partial charge in [-0.25, -0.2) is 0 Å². The minimum absolute atomic E-state index is 0.138. The van der Waals surface area contributed by atoms with Crippen LogP contribution in [0.2, 0.25) is 0 Å². The summed E-state index contributed by atoms with van der Waals surface area (Å²) in [4.78, 5) is 24.1. The average molecular weight is 458 g/mol. The molecule has 0 radical (unpaired) electrons. The summed E-state index contributed by atoms with van der Waals surface area (Å²) >= 11 is 3.34. The van der Waals surface area contributed by atoms with Gasteiger partial charge in [0.2, 0.25) is 0 Å². The van der Waals surface area contributed by atoms with Crippen molar-refractivity contribution in [2.75, 3.05) is 11.9 Å². The van der Waals surface area contributed by atoms with Crippen LogP contribution in [0.15, 0.2) is 63.6 Å². The smallest absolute Gasteiger partial charge is 0.273 e. The third-order valence-corrected chi connectivity index (χ3v) is 4.46. The molecule has 3 rings (SSSR count). The van der Waals surface area contributed by atoms with Gasteiger partial charge in [0.05, 0.1) is 0 Å². The number of halogens is 1. The SMILES string of the molecule is CCCNC(=O)c1cc(COc2ccc(NC(=O)c3ccc(Br)cc3)cc2)on1. The maximum atomic E-state index is 12.2. The first-order chi connectivity index (χ1) is 14.0. The Morgan fingerprint density at radius 1 is 1.07 bits per heavy atom. The number of ether oxygens (including phenoxy) is 1.